The number of hydrogen-bond donors (Lipinski definition) is 2. The summed E-state index contributed by atoms with van der Waals surface area (Å²) in [5.74, 6) is 1.12. The summed E-state index contributed by atoms with van der Waals surface area (Å²) in [5.41, 5.74) is 0. The Kier molecular flexibility index (Phi) is 4.94. The van der Waals surface area contributed by atoms with Crippen LogP contribution in [0.3, 0.4) is 0 Å². The van der Waals surface area contributed by atoms with Crippen LogP contribution in [-0.4, -0.2) is 59.2 Å². The highest BCUT2D eigenvalue weighted by Crippen LogP contribution is 2.19. The van der Waals surface area contributed by atoms with Crippen LogP contribution in [0.4, 0.5) is 11.9 Å². The molecule has 0 amide bonds. The van der Waals surface area contributed by atoms with E-state index < -0.39 is 0 Å². The van der Waals surface area contributed by atoms with Crippen molar-refractivity contribution in [3.05, 3.63) is 0 Å². The second-order valence-corrected chi connectivity index (χ2v) is 5.19. The van der Waals surface area contributed by atoms with E-state index in [9.17, 15) is 0 Å². The monoisotopic (exact) mass is 280 g/mol. The number of ether oxygens (including phenoxy) is 1. The largest absolute Gasteiger partial charge is 0.467 e. The van der Waals surface area contributed by atoms with E-state index in [2.05, 4.69) is 44.5 Å². The molecule has 2 N–H and O–H groups in total. The predicted molar refractivity (Wildman–Crippen MR) is 79.3 cm³/mol. The van der Waals surface area contributed by atoms with Crippen molar-refractivity contribution in [2.45, 2.75) is 38.8 Å². The highest BCUT2D eigenvalue weighted by atomic mass is 16.5. The lowest BCUT2D eigenvalue weighted by atomic mass is 9.99. The van der Waals surface area contributed by atoms with Gasteiger partial charge in [0.2, 0.25) is 11.9 Å². The zero-order chi connectivity index (χ0) is 14.5. The molecule has 0 aliphatic carbocycles. The number of rotatable bonds is 5. The fourth-order valence-corrected chi connectivity index (χ4v) is 2.35. The van der Waals surface area contributed by atoms with Crippen LogP contribution in [0.5, 0.6) is 6.01 Å². The molecule has 112 valence electrons. The van der Waals surface area contributed by atoms with E-state index in [1.807, 2.05) is 6.92 Å². The maximum Gasteiger partial charge on any atom is 0.322 e. The van der Waals surface area contributed by atoms with Gasteiger partial charge in [0.25, 0.3) is 0 Å². The van der Waals surface area contributed by atoms with Gasteiger partial charge in [0.15, 0.2) is 0 Å². The quantitative estimate of drug-likeness (QED) is 0.839. The molecule has 2 unspecified atom stereocenters. The lowest BCUT2D eigenvalue weighted by Gasteiger charge is -2.35. The first-order valence-electron chi connectivity index (χ1n) is 7.13. The van der Waals surface area contributed by atoms with E-state index in [0.29, 0.717) is 30.0 Å². The van der Waals surface area contributed by atoms with Crippen LogP contribution in [0.25, 0.3) is 0 Å². The molecule has 1 aliphatic heterocycles. The summed E-state index contributed by atoms with van der Waals surface area (Å²) < 4.78 is 5.12. The Bertz CT molecular complexity index is 441. The number of hydrogen-bond acceptors (Lipinski definition) is 7. The van der Waals surface area contributed by atoms with Crippen molar-refractivity contribution in [3.63, 3.8) is 0 Å². The minimum Gasteiger partial charge on any atom is -0.467 e. The van der Waals surface area contributed by atoms with Gasteiger partial charge in [0, 0.05) is 25.2 Å². The van der Waals surface area contributed by atoms with Crippen LogP contribution in [0.15, 0.2) is 0 Å². The first-order valence-corrected chi connectivity index (χ1v) is 7.13. The van der Waals surface area contributed by atoms with Gasteiger partial charge in [-0.05, 0) is 33.7 Å². The van der Waals surface area contributed by atoms with Crippen molar-refractivity contribution in [2.75, 3.05) is 37.9 Å². The summed E-state index contributed by atoms with van der Waals surface area (Å²) in [6.07, 6.45) is 2.17. The van der Waals surface area contributed by atoms with Crippen LogP contribution in [0, 0.1) is 0 Å². The topological polar surface area (TPSA) is 75.2 Å². The molecule has 7 nitrogen and oxygen atoms in total. The van der Waals surface area contributed by atoms with Crippen LogP contribution < -0.4 is 15.4 Å². The minimum absolute atomic E-state index is 0.333. The van der Waals surface area contributed by atoms with Gasteiger partial charge >= 0.3 is 6.01 Å². The standard InChI is InChI=1S/C13H24N6O/c1-5-14-11-16-12(18-13(17-11)20-4)15-10-6-7-19(3)9(2)8-10/h9-10H,5-8H2,1-4H3,(H2,14,15,16,17,18). The molecular weight excluding hydrogens is 256 g/mol. The Morgan fingerprint density at radius 2 is 2.05 bits per heavy atom. The molecular formula is C13H24N6O. The average Bonchev–Trinajstić information content (AvgIpc) is 2.43. The summed E-state index contributed by atoms with van der Waals surface area (Å²) in [7, 11) is 3.72. The molecule has 0 aromatic carbocycles. The zero-order valence-corrected chi connectivity index (χ0v) is 12.7. The predicted octanol–water partition coefficient (Wildman–Crippen LogP) is 1.21. The van der Waals surface area contributed by atoms with Gasteiger partial charge < -0.3 is 20.3 Å². The van der Waals surface area contributed by atoms with Crippen molar-refractivity contribution >= 4 is 11.9 Å². The van der Waals surface area contributed by atoms with Crippen LogP contribution in [0.1, 0.15) is 26.7 Å². The molecule has 1 aliphatic rings. The third-order valence-corrected chi connectivity index (χ3v) is 3.67. The van der Waals surface area contributed by atoms with E-state index in [1.54, 1.807) is 7.11 Å². The number of anilines is 2. The Morgan fingerprint density at radius 1 is 1.30 bits per heavy atom. The maximum absolute atomic E-state index is 5.12. The smallest absolute Gasteiger partial charge is 0.322 e. The van der Waals surface area contributed by atoms with Crippen molar-refractivity contribution in [3.8, 4) is 6.01 Å². The van der Waals surface area contributed by atoms with Gasteiger partial charge in [-0.2, -0.15) is 15.0 Å². The van der Waals surface area contributed by atoms with E-state index in [-0.39, 0.29) is 0 Å². The molecule has 1 aromatic heterocycles. The highest BCUT2D eigenvalue weighted by Gasteiger charge is 2.23. The number of aromatic nitrogens is 3. The van der Waals surface area contributed by atoms with E-state index in [4.69, 9.17) is 4.74 Å². The summed E-state index contributed by atoms with van der Waals surface area (Å²) in [6.45, 7) is 6.09. The molecule has 2 atom stereocenters. The van der Waals surface area contributed by atoms with Crippen molar-refractivity contribution in [2.24, 2.45) is 0 Å². The fourth-order valence-electron chi connectivity index (χ4n) is 2.35. The van der Waals surface area contributed by atoms with Crippen molar-refractivity contribution in [1.82, 2.24) is 19.9 Å². The average molecular weight is 280 g/mol. The maximum atomic E-state index is 5.12. The molecule has 0 spiro atoms. The Balaban J connectivity index is 2.06. The number of likely N-dealkylation sites (tertiary alicyclic amines) is 1. The molecule has 0 bridgehead atoms. The van der Waals surface area contributed by atoms with Gasteiger partial charge in [-0.1, -0.05) is 0 Å². The third kappa shape index (κ3) is 3.69. The zero-order valence-electron chi connectivity index (χ0n) is 12.7. The molecule has 1 saturated heterocycles. The molecule has 0 saturated carbocycles. The first kappa shape index (κ1) is 14.8. The Morgan fingerprint density at radius 3 is 2.70 bits per heavy atom. The lowest BCUT2D eigenvalue weighted by Crippen LogP contribution is -2.42. The van der Waals surface area contributed by atoms with Gasteiger partial charge in [0.1, 0.15) is 0 Å². The van der Waals surface area contributed by atoms with Crippen LogP contribution >= 0.6 is 0 Å². The summed E-state index contributed by atoms with van der Waals surface area (Å²) >= 11 is 0. The van der Waals surface area contributed by atoms with Crippen molar-refractivity contribution < 1.29 is 4.74 Å². The molecule has 2 heterocycles. The number of piperidine rings is 1. The van der Waals surface area contributed by atoms with E-state index in [0.717, 1.165) is 25.9 Å². The molecule has 0 radical (unpaired) electrons. The third-order valence-electron chi connectivity index (χ3n) is 3.67. The number of nitrogens with zero attached hydrogens (tertiary/aromatic N) is 4. The number of methoxy groups -OCH3 is 1. The van der Waals surface area contributed by atoms with Crippen LogP contribution in [-0.2, 0) is 0 Å². The summed E-state index contributed by atoms with van der Waals surface area (Å²) in [4.78, 5) is 15.2. The van der Waals surface area contributed by atoms with Crippen molar-refractivity contribution in [1.29, 1.82) is 0 Å². The Labute approximate surface area is 120 Å². The second-order valence-electron chi connectivity index (χ2n) is 5.19. The van der Waals surface area contributed by atoms with E-state index in [1.165, 1.54) is 0 Å². The van der Waals surface area contributed by atoms with E-state index >= 15 is 0 Å². The van der Waals surface area contributed by atoms with Gasteiger partial charge in [-0.3, -0.25) is 0 Å². The van der Waals surface area contributed by atoms with Gasteiger partial charge in [0.05, 0.1) is 7.11 Å². The molecule has 1 aromatic rings. The fraction of sp³-hybridized carbons (Fsp3) is 0.769. The normalized spacial score (nSPS) is 23.4. The SMILES string of the molecule is CCNc1nc(NC2CCN(C)C(C)C2)nc(OC)n1. The van der Waals surface area contributed by atoms with Crippen LogP contribution in [0.2, 0.25) is 0 Å². The number of nitrogens with one attached hydrogen (secondary N) is 2. The first-order chi connectivity index (χ1) is 9.62. The molecule has 2 rings (SSSR count). The van der Waals surface area contributed by atoms with Gasteiger partial charge in [-0.25, -0.2) is 0 Å². The molecule has 1 fully saturated rings. The highest BCUT2D eigenvalue weighted by molar-refractivity contribution is 5.36. The molecule has 7 heteroatoms. The second kappa shape index (κ2) is 6.69. The Hall–Kier alpha value is -1.63. The minimum atomic E-state index is 0.333. The van der Waals surface area contributed by atoms with Gasteiger partial charge in [-0.15, -0.1) is 0 Å². The summed E-state index contributed by atoms with van der Waals surface area (Å²) in [6, 6.07) is 1.29. The molecule has 20 heavy (non-hydrogen) atoms. The summed E-state index contributed by atoms with van der Waals surface area (Å²) in [5, 5.41) is 6.48. The lowest BCUT2D eigenvalue weighted by molar-refractivity contribution is 0.189.